The third kappa shape index (κ3) is 3.83. The zero-order valence-electron chi connectivity index (χ0n) is 17.0. The molecule has 0 atom stereocenters. The molecule has 1 aliphatic rings. The molecule has 29 heavy (non-hydrogen) atoms. The molecule has 0 aliphatic carbocycles. The normalized spacial score (nSPS) is 15.6. The lowest BCUT2D eigenvalue weighted by Crippen LogP contribution is -2.42. The van der Waals surface area contributed by atoms with Crippen molar-refractivity contribution in [1.82, 2.24) is 10.2 Å². The van der Waals surface area contributed by atoms with Crippen molar-refractivity contribution in [2.45, 2.75) is 25.7 Å². The van der Waals surface area contributed by atoms with E-state index in [9.17, 15) is 10.1 Å². The van der Waals surface area contributed by atoms with Crippen LogP contribution in [0, 0.1) is 11.3 Å². The molecule has 0 saturated carbocycles. The average molecular weight is 406 g/mol. The van der Waals surface area contributed by atoms with Crippen molar-refractivity contribution in [2.75, 3.05) is 25.4 Å². The smallest absolute Gasteiger partial charge is 0.247 e. The van der Waals surface area contributed by atoms with E-state index in [1.165, 1.54) is 0 Å². The molecule has 0 bridgehead atoms. The van der Waals surface area contributed by atoms with Crippen LogP contribution >= 0.6 is 11.8 Å². The number of hydrogen-bond donors (Lipinski definition) is 1. The van der Waals surface area contributed by atoms with Crippen molar-refractivity contribution in [3.05, 3.63) is 82.4 Å². The number of carbonyl (C=O) groups is 1. The van der Waals surface area contributed by atoms with Gasteiger partial charge in [-0.25, -0.2) is 0 Å². The lowest BCUT2D eigenvalue weighted by Gasteiger charge is -2.30. The Hall–Kier alpha value is -2.55. The summed E-state index contributed by atoms with van der Waals surface area (Å²) in [5.41, 5.74) is 1.13. The fourth-order valence-electron chi connectivity index (χ4n) is 3.94. The SMILES string of the molecule is CCNCCCN1C(=O)C(c2ccccc2)(c2ccccc2)C(C#N)=C1SCC. The Labute approximate surface area is 177 Å². The molecule has 2 aromatic rings. The molecule has 150 valence electrons. The van der Waals surface area contributed by atoms with Gasteiger partial charge in [0.15, 0.2) is 0 Å². The van der Waals surface area contributed by atoms with Crippen LogP contribution in [0.15, 0.2) is 71.3 Å². The van der Waals surface area contributed by atoms with Crippen LogP contribution in [0.3, 0.4) is 0 Å². The first-order chi connectivity index (χ1) is 14.2. The Balaban J connectivity index is 2.19. The van der Waals surface area contributed by atoms with Crippen molar-refractivity contribution in [3.63, 3.8) is 0 Å². The summed E-state index contributed by atoms with van der Waals surface area (Å²) in [5.74, 6) is 0.774. The molecule has 2 aromatic carbocycles. The fourth-order valence-corrected chi connectivity index (χ4v) is 4.88. The number of nitrogens with one attached hydrogen (secondary N) is 1. The Bertz CT molecular complexity index is 863. The van der Waals surface area contributed by atoms with Gasteiger partial charge in [0.2, 0.25) is 5.91 Å². The van der Waals surface area contributed by atoms with Crippen molar-refractivity contribution in [1.29, 1.82) is 5.26 Å². The highest BCUT2D eigenvalue weighted by atomic mass is 32.2. The standard InChI is InChI=1S/C24H27N3OS/c1-3-26-16-11-17-27-22(29-4-2)21(18-25)24(23(27)28,19-12-7-5-8-13-19)20-14-9-6-10-15-20/h5-10,12-15,26H,3-4,11,16-17H2,1-2H3. The quantitative estimate of drug-likeness (QED) is 0.632. The molecular weight excluding hydrogens is 378 g/mol. The van der Waals surface area contributed by atoms with E-state index in [-0.39, 0.29) is 5.91 Å². The minimum atomic E-state index is -1.09. The molecule has 0 unspecified atom stereocenters. The lowest BCUT2D eigenvalue weighted by atomic mass is 9.70. The van der Waals surface area contributed by atoms with Crippen LogP contribution in [0.1, 0.15) is 31.4 Å². The maximum Gasteiger partial charge on any atom is 0.247 e. The monoisotopic (exact) mass is 405 g/mol. The summed E-state index contributed by atoms with van der Waals surface area (Å²) in [4.78, 5) is 15.9. The molecule has 1 aliphatic heterocycles. The molecule has 1 N–H and O–H groups in total. The van der Waals surface area contributed by atoms with Crippen LogP contribution in [0.5, 0.6) is 0 Å². The van der Waals surface area contributed by atoms with Gasteiger partial charge in [0.1, 0.15) is 5.41 Å². The number of nitrogens with zero attached hydrogens (tertiary/aromatic N) is 2. The number of benzene rings is 2. The van der Waals surface area contributed by atoms with Gasteiger partial charge < -0.3 is 10.2 Å². The summed E-state index contributed by atoms with van der Waals surface area (Å²) in [6.45, 7) is 6.47. The molecule has 4 nitrogen and oxygen atoms in total. The highest BCUT2D eigenvalue weighted by molar-refractivity contribution is 8.03. The van der Waals surface area contributed by atoms with E-state index >= 15 is 0 Å². The molecule has 0 saturated heterocycles. The molecule has 1 amide bonds. The van der Waals surface area contributed by atoms with Crippen LogP contribution in [0.25, 0.3) is 0 Å². The second-order valence-electron chi connectivity index (χ2n) is 6.87. The number of hydrogen-bond acceptors (Lipinski definition) is 4. The van der Waals surface area contributed by atoms with E-state index in [1.807, 2.05) is 65.6 Å². The number of amides is 1. The molecule has 3 rings (SSSR count). The number of nitriles is 1. The first kappa shape index (κ1) is 21.2. The lowest BCUT2D eigenvalue weighted by molar-refractivity contribution is -0.130. The van der Waals surface area contributed by atoms with E-state index in [1.54, 1.807) is 11.8 Å². The first-order valence-corrected chi connectivity index (χ1v) is 11.1. The number of thioether (sulfide) groups is 1. The van der Waals surface area contributed by atoms with E-state index in [2.05, 4.69) is 25.2 Å². The highest BCUT2D eigenvalue weighted by Gasteiger charge is 2.55. The minimum absolute atomic E-state index is 0.0288. The molecule has 1 heterocycles. The van der Waals surface area contributed by atoms with Crippen LogP contribution in [-0.2, 0) is 10.2 Å². The van der Waals surface area contributed by atoms with Crippen molar-refractivity contribution < 1.29 is 4.79 Å². The van der Waals surface area contributed by atoms with Gasteiger partial charge in [0.05, 0.1) is 16.7 Å². The van der Waals surface area contributed by atoms with Gasteiger partial charge in [-0.05, 0) is 36.4 Å². The number of carbonyl (C=O) groups excluding carboxylic acids is 1. The Morgan fingerprint density at radius 1 is 1.03 bits per heavy atom. The molecule has 0 aromatic heterocycles. The van der Waals surface area contributed by atoms with Crippen LogP contribution in [-0.4, -0.2) is 36.2 Å². The third-order valence-corrected chi connectivity index (χ3v) is 6.18. The van der Waals surface area contributed by atoms with Crippen molar-refractivity contribution >= 4 is 17.7 Å². The summed E-state index contributed by atoms with van der Waals surface area (Å²) in [7, 11) is 0. The Morgan fingerprint density at radius 3 is 2.10 bits per heavy atom. The molecule has 5 heteroatoms. The van der Waals surface area contributed by atoms with E-state index in [0.29, 0.717) is 12.1 Å². The van der Waals surface area contributed by atoms with Gasteiger partial charge in [0, 0.05) is 6.54 Å². The fraction of sp³-hybridized carbons (Fsp3) is 0.333. The highest BCUT2D eigenvalue weighted by Crippen LogP contribution is 2.50. The Kier molecular flexibility index (Phi) is 7.13. The molecule has 0 radical (unpaired) electrons. The van der Waals surface area contributed by atoms with Gasteiger partial charge in [-0.2, -0.15) is 5.26 Å². The van der Waals surface area contributed by atoms with Crippen LogP contribution < -0.4 is 5.32 Å². The van der Waals surface area contributed by atoms with Gasteiger partial charge in [-0.3, -0.25) is 4.79 Å². The predicted molar refractivity (Wildman–Crippen MR) is 119 cm³/mol. The van der Waals surface area contributed by atoms with Gasteiger partial charge >= 0.3 is 0 Å². The van der Waals surface area contributed by atoms with Crippen molar-refractivity contribution in [2.24, 2.45) is 0 Å². The minimum Gasteiger partial charge on any atom is -0.317 e. The summed E-state index contributed by atoms with van der Waals surface area (Å²) >= 11 is 1.58. The summed E-state index contributed by atoms with van der Waals surface area (Å²) in [6.07, 6.45) is 0.839. The summed E-state index contributed by atoms with van der Waals surface area (Å²) < 4.78 is 0. The third-order valence-electron chi connectivity index (χ3n) is 5.19. The predicted octanol–water partition coefficient (Wildman–Crippen LogP) is 4.30. The van der Waals surface area contributed by atoms with E-state index in [4.69, 9.17) is 0 Å². The maximum atomic E-state index is 14.0. The summed E-state index contributed by atoms with van der Waals surface area (Å²) in [5, 5.41) is 14.4. The van der Waals surface area contributed by atoms with E-state index in [0.717, 1.165) is 41.4 Å². The van der Waals surface area contributed by atoms with Gasteiger partial charge in [0.25, 0.3) is 0 Å². The van der Waals surface area contributed by atoms with Gasteiger partial charge in [-0.15, -0.1) is 11.8 Å². The topological polar surface area (TPSA) is 56.1 Å². The largest absolute Gasteiger partial charge is 0.317 e. The zero-order chi connectivity index (χ0) is 20.7. The second kappa shape index (κ2) is 9.78. The molecule has 0 spiro atoms. The van der Waals surface area contributed by atoms with Gasteiger partial charge in [-0.1, -0.05) is 74.5 Å². The first-order valence-electron chi connectivity index (χ1n) is 10.1. The molecule has 0 fully saturated rings. The maximum absolute atomic E-state index is 14.0. The van der Waals surface area contributed by atoms with Crippen LogP contribution in [0.4, 0.5) is 0 Å². The summed E-state index contributed by atoms with van der Waals surface area (Å²) in [6, 6.07) is 21.9. The Morgan fingerprint density at radius 2 is 1.62 bits per heavy atom. The second-order valence-corrected chi connectivity index (χ2v) is 8.12. The zero-order valence-corrected chi connectivity index (χ0v) is 17.8. The number of rotatable bonds is 9. The average Bonchev–Trinajstić information content (AvgIpc) is 3.01. The van der Waals surface area contributed by atoms with E-state index < -0.39 is 5.41 Å². The van der Waals surface area contributed by atoms with Crippen molar-refractivity contribution in [3.8, 4) is 6.07 Å². The molecular formula is C24H27N3OS. The van der Waals surface area contributed by atoms with Crippen LogP contribution in [0.2, 0.25) is 0 Å².